The standard InChI is InChI=1S/C20H18F5N3O3S/c1-32(29,30)27-16-9-28(10-20(16,24)25)17-8-15(31-26-17)19-11(4-2-5-14(19)23)18-12(21)6-3-7-13(18)22/h2-7,15-16,27H,8-10H2,1H3/t15?,16-/m1/s1. The van der Waals surface area contributed by atoms with Gasteiger partial charge in [-0.05, 0) is 23.8 Å². The van der Waals surface area contributed by atoms with E-state index in [4.69, 9.17) is 4.84 Å². The smallest absolute Gasteiger partial charge is 0.282 e. The summed E-state index contributed by atoms with van der Waals surface area (Å²) in [5.74, 6) is -5.91. The molecule has 2 aliphatic heterocycles. The fourth-order valence-electron chi connectivity index (χ4n) is 3.91. The molecule has 0 radical (unpaired) electrons. The van der Waals surface area contributed by atoms with E-state index in [9.17, 15) is 30.4 Å². The number of oxime groups is 1. The maximum atomic E-state index is 14.7. The van der Waals surface area contributed by atoms with Gasteiger partial charge in [-0.1, -0.05) is 23.4 Å². The molecule has 2 atom stereocenters. The van der Waals surface area contributed by atoms with Crippen LogP contribution in [0.5, 0.6) is 0 Å². The molecule has 0 spiro atoms. The summed E-state index contributed by atoms with van der Waals surface area (Å²) >= 11 is 0. The fourth-order valence-corrected chi connectivity index (χ4v) is 4.67. The number of likely N-dealkylation sites (tertiary alicyclic amines) is 1. The molecule has 172 valence electrons. The van der Waals surface area contributed by atoms with Gasteiger partial charge >= 0.3 is 0 Å². The zero-order valence-corrected chi connectivity index (χ0v) is 17.5. The second kappa shape index (κ2) is 8.00. The van der Waals surface area contributed by atoms with Crippen LogP contribution in [0.15, 0.2) is 41.6 Å². The van der Waals surface area contributed by atoms with E-state index < -0.39 is 57.7 Å². The Bertz CT molecular complexity index is 1170. The summed E-state index contributed by atoms with van der Waals surface area (Å²) < 4.78 is 96.7. The molecule has 1 fully saturated rings. The molecule has 0 bridgehead atoms. The Hall–Kier alpha value is -2.73. The first-order valence-corrected chi connectivity index (χ1v) is 11.4. The molecule has 0 saturated carbocycles. The van der Waals surface area contributed by atoms with E-state index in [-0.39, 0.29) is 29.9 Å². The van der Waals surface area contributed by atoms with Gasteiger partial charge in [0.2, 0.25) is 10.0 Å². The van der Waals surface area contributed by atoms with E-state index in [2.05, 4.69) is 5.16 Å². The van der Waals surface area contributed by atoms with Crippen LogP contribution in [0.2, 0.25) is 0 Å². The first-order chi connectivity index (χ1) is 15.0. The Morgan fingerprint density at radius 1 is 1.09 bits per heavy atom. The van der Waals surface area contributed by atoms with Crippen molar-refractivity contribution in [2.24, 2.45) is 5.16 Å². The SMILES string of the molecule is CS(=O)(=O)N[C@@H]1CN(C2=NOC(c3c(F)cccc3-c3c(F)cccc3F)C2)CC1(F)F. The summed E-state index contributed by atoms with van der Waals surface area (Å²) in [6.45, 7) is -1.19. The summed E-state index contributed by atoms with van der Waals surface area (Å²) in [6, 6.07) is 5.29. The Kier molecular flexibility index (Phi) is 5.61. The lowest BCUT2D eigenvalue weighted by Crippen LogP contribution is -2.46. The lowest BCUT2D eigenvalue weighted by Gasteiger charge is -2.18. The van der Waals surface area contributed by atoms with E-state index in [0.29, 0.717) is 0 Å². The highest BCUT2D eigenvalue weighted by atomic mass is 32.2. The quantitative estimate of drug-likeness (QED) is 0.689. The molecule has 2 aromatic carbocycles. The van der Waals surface area contributed by atoms with Crippen molar-refractivity contribution < 1.29 is 35.2 Å². The van der Waals surface area contributed by atoms with Crippen LogP contribution >= 0.6 is 0 Å². The number of nitrogens with zero attached hydrogens (tertiary/aromatic N) is 2. The molecular weight excluding hydrogens is 457 g/mol. The molecule has 0 aliphatic carbocycles. The average molecular weight is 475 g/mol. The van der Waals surface area contributed by atoms with Gasteiger partial charge in [0.15, 0.2) is 6.10 Å². The molecular formula is C20H18F5N3O3S. The van der Waals surface area contributed by atoms with Crippen LogP contribution in [0.4, 0.5) is 22.0 Å². The van der Waals surface area contributed by atoms with Crippen molar-refractivity contribution in [1.29, 1.82) is 0 Å². The minimum absolute atomic E-state index is 0.0516. The number of sulfonamides is 1. The summed E-state index contributed by atoms with van der Waals surface area (Å²) in [7, 11) is -3.88. The molecule has 2 heterocycles. The summed E-state index contributed by atoms with van der Waals surface area (Å²) in [4.78, 5) is 6.41. The molecule has 1 N–H and O–H groups in total. The number of amidine groups is 1. The minimum Gasteiger partial charge on any atom is -0.386 e. The second-order valence-electron chi connectivity index (χ2n) is 7.69. The van der Waals surface area contributed by atoms with Crippen molar-refractivity contribution in [3.8, 4) is 11.1 Å². The summed E-state index contributed by atoms with van der Waals surface area (Å²) in [5, 5.41) is 3.77. The molecule has 0 amide bonds. The molecule has 4 rings (SSSR count). The molecule has 0 aromatic heterocycles. The monoisotopic (exact) mass is 475 g/mol. The van der Waals surface area contributed by atoms with Crippen LogP contribution in [0.1, 0.15) is 18.1 Å². The van der Waals surface area contributed by atoms with E-state index in [1.165, 1.54) is 18.2 Å². The maximum Gasteiger partial charge on any atom is 0.282 e. The highest BCUT2D eigenvalue weighted by Crippen LogP contribution is 2.40. The van der Waals surface area contributed by atoms with Gasteiger partial charge < -0.3 is 9.74 Å². The molecule has 32 heavy (non-hydrogen) atoms. The van der Waals surface area contributed by atoms with Crippen LogP contribution in [0, 0.1) is 17.5 Å². The Balaban J connectivity index is 1.60. The number of hydrogen-bond acceptors (Lipinski definition) is 5. The van der Waals surface area contributed by atoms with Gasteiger partial charge in [0, 0.05) is 12.1 Å². The summed E-state index contributed by atoms with van der Waals surface area (Å²) in [6.07, 6.45) is -0.485. The predicted molar refractivity (Wildman–Crippen MR) is 106 cm³/mol. The molecule has 6 nitrogen and oxygen atoms in total. The summed E-state index contributed by atoms with van der Waals surface area (Å²) in [5.41, 5.74) is -0.679. The van der Waals surface area contributed by atoms with Crippen LogP contribution < -0.4 is 4.72 Å². The third kappa shape index (κ3) is 4.29. The third-order valence-corrected chi connectivity index (χ3v) is 6.01. The van der Waals surface area contributed by atoms with Crippen molar-refractivity contribution in [2.75, 3.05) is 19.3 Å². The lowest BCUT2D eigenvalue weighted by molar-refractivity contribution is -0.00123. The first-order valence-electron chi connectivity index (χ1n) is 9.52. The van der Waals surface area contributed by atoms with Crippen LogP contribution in [-0.4, -0.2) is 50.5 Å². The highest BCUT2D eigenvalue weighted by molar-refractivity contribution is 7.88. The number of alkyl halides is 2. The van der Waals surface area contributed by atoms with Crippen LogP contribution in [-0.2, 0) is 14.9 Å². The van der Waals surface area contributed by atoms with Crippen LogP contribution in [0.3, 0.4) is 0 Å². The van der Waals surface area contributed by atoms with Crippen molar-refractivity contribution >= 4 is 15.9 Å². The van der Waals surface area contributed by atoms with Crippen molar-refractivity contribution in [3.63, 3.8) is 0 Å². The van der Waals surface area contributed by atoms with Crippen molar-refractivity contribution in [3.05, 3.63) is 59.4 Å². The van der Waals surface area contributed by atoms with E-state index in [0.717, 1.165) is 29.4 Å². The molecule has 1 saturated heterocycles. The topological polar surface area (TPSA) is 71.0 Å². The van der Waals surface area contributed by atoms with Gasteiger partial charge in [0.05, 0.1) is 24.8 Å². The molecule has 1 unspecified atom stereocenters. The Morgan fingerprint density at radius 2 is 1.72 bits per heavy atom. The van der Waals surface area contributed by atoms with Gasteiger partial charge in [-0.15, -0.1) is 0 Å². The largest absolute Gasteiger partial charge is 0.386 e. The number of hydrogen-bond donors (Lipinski definition) is 1. The van der Waals surface area contributed by atoms with E-state index in [1.54, 1.807) is 0 Å². The highest BCUT2D eigenvalue weighted by Gasteiger charge is 2.51. The fraction of sp³-hybridized carbons (Fsp3) is 0.350. The number of benzene rings is 2. The minimum atomic E-state index is -3.88. The molecule has 12 heteroatoms. The zero-order valence-electron chi connectivity index (χ0n) is 16.7. The number of nitrogens with one attached hydrogen (secondary N) is 1. The zero-order chi connectivity index (χ0) is 23.3. The van der Waals surface area contributed by atoms with Gasteiger partial charge in [-0.25, -0.2) is 35.1 Å². The van der Waals surface area contributed by atoms with E-state index in [1.807, 2.05) is 4.72 Å². The van der Waals surface area contributed by atoms with Gasteiger partial charge in [0.25, 0.3) is 5.92 Å². The predicted octanol–water partition coefficient (Wildman–Crippen LogP) is 3.41. The van der Waals surface area contributed by atoms with Gasteiger partial charge in [0.1, 0.15) is 29.3 Å². The Labute approximate surface area is 180 Å². The Morgan fingerprint density at radius 3 is 2.38 bits per heavy atom. The lowest BCUT2D eigenvalue weighted by atomic mass is 9.93. The number of halogens is 5. The van der Waals surface area contributed by atoms with Gasteiger partial charge in [-0.3, -0.25) is 0 Å². The molecule has 2 aliphatic rings. The number of rotatable bonds is 4. The average Bonchev–Trinajstić information content (AvgIpc) is 3.25. The maximum absolute atomic E-state index is 14.7. The normalized spacial score (nSPS) is 22.7. The second-order valence-corrected chi connectivity index (χ2v) is 9.47. The molecule has 2 aromatic rings. The van der Waals surface area contributed by atoms with Crippen molar-refractivity contribution in [1.82, 2.24) is 9.62 Å². The van der Waals surface area contributed by atoms with Gasteiger partial charge in [-0.2, -0.15) is 0 Å². The first kappa shape index (κ1) is 22.5. The van der Waals surface area contributed by atoms with Crippen LogP contribution in [0.25, 0.3) is 11.1 Å². The third-order valence-electron chi connectivity index (χ3n) is 5.30. The van der Waals surface area contributed by atoms with E-state index >= 15 is 0 Å². The van der Waals surface area contributed by atoms with Crippen molar-refractivity contribution in [2.45, 2.75) is 24.5 Å².